The molecule has 0 spiro atoms. The van der Waals surface area contributed by atoms with Crippen LogP contribution in [-0.4, -0.2) is 11.7 Å². The first-order chi connectivity index (χ1) is 9.41. The Bertz CT molecular complexity index is 206. The summed E-state index contributed by atoms with van der Waals surface area (Å²) in [5, 5.41) is 8.58. The number of aliphatic hydroxyl groups is 1. The van der Waals surface area contributed by atoms with Crippen LogP contribution in [0.15, 0.2) is 24.3 Å². The van der Waals surface area contributed by atoms with E-state index in [4.69, 9.17) is 5.11 Å². The highest BCUT2D eigenvalue weighted by molar-refractivity contribution is 4.81. The summed E-state index contributed by atoms with van der Waals surface area (Å²) in [5.41, 5.74) is 0. The Balaban J connectivity index is 3.02. The lowest BCUT2D eigenvalue weighted by Gasteiger charge is -2.00. The predicted octanol–water partition coefficient (Wildman–Crippen LogP) is 5.79. The van der Waals surface area contributed by atoms with Crippen molar-refractivity contribution >= 4 is 0 Å². The summed E-state index contributed by atoms with van der Waals surface area (Å²) in [7, 11) is 0. The van der Waals surface area contributed by atoms with E-state index in [2.05, 4.69) is 25.2 Å². The van der Waals surface area contributed by atoms with E-state index in [0.29, 0.717) is 0 Å². The van der Waals surface area contributed by atoms with Crippen molar-refractivity contribution in [1.29, 1.82) is 0 Å². The largest absolute Gasteiger partial charge is 0.392 e. The summed E-state index contributed by atoms with van der Waals surface area (Å²) in [6.45, 7) is 2.43. The van der Waals surface area contributed by atoms with Crippen LogP contribution < -0.4 is 0 Å². The number of unbranched alkanes of at least 4 members (excludes halogenated alkanes) is 10. The van der Waals surface area contributed by atoms with Crippen LogP contribution in [-0.2, 0) is 0 Å². The summed E-state index contributed by atoms with van der Waals surface area (Å²) in [4.78, 5) is 0. The molecule has 0 aromatic heterocycles. The van der Waals surface area contributed by atoms with Crippen molar-refractivity contribution < 1.29 is 5.11 Å². The normalized spacial score (nSPS) is 11.9. The van der Waals surface area contributed by atoms with Gasteiger partial charge in [-0.25, -0.2) is 0 Å². The topological polar surface area (TPSA) is 20.2 Å². The SMILES string of the molecule is CCCCC=CCCCCCCCCC/C=C/CO. The summed E-state index contributed by atoms with van der Waals surface area (Å²) >= 11 is 0. The van der Waals surface area contributed by atoms with Gasteiger partial charge in [-0.15, -0.1) is 0 Å². The molecular formula is C18H34O. The highest BCUT2D eigenvalue weighted by Crippen LogP contribution is 2.10. The van der Waals surface area contributed by atoms with Crippen LogP contribution in [0.25, 0.3) is 0 Å². The third-order valence-electron chi connectivity index (χ3n) is 3.40. The highest BCUT2D eigenvalue weighted by Gasteiger charge is 1.90. The lowest BCUT2D eigenvalue weighted by Crippen LogP contribution is -1.80. The van der Waals surface area contributed by atoms with Crippen molar-refractivity contribution in [3.05, 3.63) is 24.3 Å². The fourth-order valence-corrected chi connectivity index (χ4v) is 2.16. The monoisotopic (exact) mass is 266 g/mol. The van der Waals surface area contributed by atoms with Gasteiger partial charge < -0.3 is 5.11 Å². The number of allylic oxidation sites excluding steroid dienone is 3. The lowest BCUT2D eigenvalue weighted by molar-refractivity contribution is 0.342. The summed E-state index contributed by atoms with van der Waals surface area (Å²) in [6.07, 6.45) is 24.5. The second kappa shape index (κ2) is 17.4. The summed E-state index contributed by atoms with van der Waals surface area (Å²) < 4.78 is 0. The number of hydrogen-bond acceptors (Lipinski definition) is 1. The molecule has 0 aliphatic carbocycles. The van der Waals surface area contributed by atoms with Gasteiger partial charge in [-0.2, -0.15) is 0 Å². The van der Waals surface area contributed by atoms with Gasteiger partial charge in [0.15, 0.2) is 0 Å². The zero-order valence-electron chi connectivity index (χ0n) is 12.9. The summed E-state index contributed by atoms with van der Waals surface area (Å²) in [6, 6.07) is 0. The Morgan fingerprint density at radius 3 is 1.47 bits per heavy atom. The van der Waals surface area contributed by atoms with Gasteiger partial charge in [0.2, 0.25) is 0 Å². The molecule has 0 aromatic carbocycles. The van der Waals surface area contributed by atoms with Crippen molar-refractivity contribution in [1.82, 2.24) is 0 Å². The first-order valence-electron chi connectivity index (χ1n) is 8.32. The first kappa shape index (κ1) is 18.4. The number of aliphatic hydroxyl groups excluding tert-OH is 1. The molecule has 19 heavy (non-hydrogen) atoms. The highest BCUT2D eigenvalue weighted by atomic mass is 16.2. The Morgan fingerprint density at radius 2 is 1.00 bits per heavy atom. The molecular weight excluding hydrogens is 232 g/mol. The fraction of sp³-hybridized carbons (Fsp3) is 0.778. The van der Waals surface area contributed by atoms with Crippen LogP contribution in [0.2, 0.25) is 0 Å². The maximum Gasteiger partial charge on any atom is 0.0612 e. The number of rotatable bonds is 14. The van der Waals surface area contributed by atoms with Crippen molar-refractivity contribution in [2.24, 2.45) is 0 Å². The zero-order chi connectivity index (χ0) is 14.0. The Hall–Kier alpha value is -0.560. The fourth-order valence-electron chi connectivity index (χ4n) is 2.16. The van der Waals surface area contributed by atoms with E-state index >= 15 is 0 Å². The predicted molar refractivity (Wildman–Crippen MR) is 86.4 cm³/mol. The number of hydrogen-bond donors (Lipinski definition) is 1. The molecule has 0 aliphatic heterocycles. The van der Waals surface area contributed by atoms with Crippen molar-refractivity contribution in [3.8, 4) is 0 Å². The van der Waals surface area contributed by atoms with Gasteiger partial charge in [-0.1, -0.05) is 76.2 Å². The molecule has 0 atom stereocenters. The summed E-state index contributed by atoms with van der Waals surface area (Å²) in [5.74, 6) is 0. The Labute approximate surface area is 120 Å². The quantitative estimate of drug-likeness (QED) is 0.311. The molecule has 0 saturated heterocycles. The molecule has 0 bridgehead atoms. The molecule has 0 radical (unpaired) electrons. The smallest absolute Gasteiger partial charge is 0.0612 e. The van der Waals surface area contributed by atoms with Crippen molar-refractivity contribution in [2.45, 2.75) is 84.0 Å². The molecule has 0 rings (SSSR count). The second-order valence-electron chi connectivity index (χ2n) is 5.32. The van der Waals surface area contributed by atoms with Gasteiger partial charge in [0.05, 0.1) is 6.61 Å². The molecule has 0 heterocycles. The van der Waals surface area contributed by atoms with E-state index in [-0.39, 0.29) is 6.61 Å². The van der Waals surface area contributed by atoms with E-state index in [0.717, 1.165) is 6.42 Å². The molecule has 0 amide bonds. The van der Waals surface area contributed by atoms with Crippen LogP contribution in [0.5, 0.6) is 0 Å². The van der Waals surface area contributed by atoms with Crippen molar-refractivity contribution in [2.75, 3.05) is 6.61 Å². The van der Waals surface area contributed by atoms with Gasteiger partial charge in [0.1, 0.15) is 0 Å². The van der Waals surface area contributed by atoms with Crippen LogP contribution in [0.1, 0.15) is 84.0 Å². The van der Waals surface area contributed by atoms with Gasteiger partial charge in [-0.3, -0.25) is 0 Å². The minimum absolute atomic E-state index is 0.187. The van der Waals surface area contributed by atoms with E-state index in [1.165, 1.54) is 70.6 Å². The maximum atomic E-state index is 8.58. The molecule has 0 unspecified atom stereocenters. The molecule has 0 fully saturated rings. The third kappa shape index (κ3) is 17.4. The Morgan fingerprint density at radius 1 is 0.579 bits per heavy atom. The van der Waals surface area contributed by atoms with Crippen LogP contribution in [0.4, 0.5) is 0 Å². The van der Waals surface area contributed by atoms with Gasteiger partial charge >= 0.3 is 0 Å². The molecule has 0 saturated carbocycles. The second-order valence-corrected chi connectivity index (χ2v) is 5.32. The van der Waals surface area contributed by atoms with Crippen LogP contribution in [0, 0.1) is 0 Å². The lowest BCUT2D eigenvalue weighted by atomic mass is 10.1. The minimum Gasteiger partial charge on any atom is -0.392 e. The third-order valence-corrected chi connectivity index (χ3v) is 3.40. The van der Waals surface area contributed by atoms with E-state index in [1.807, 2.05) is 6.08 Å². The maximum absolute atomic E-state index is 8.58. The van der Waals surface area contributed by atoms with Gasteiger partial charge in [-0.05, 0) is 32.1 Å². The van der Waals surface area contributed by atoms with Crippen LogP contribution in [0.3, 0.4) is 0 Å². The average Bonchev–Trinajstić information content (AvgIpc) is 2.43. The average molecular weight is 266 g/mol. The van der Waals surface area contributed by atoms with Crippen LogP contribution >= 0.6 is 0 Å². The standard InChI is InChI=1S/C18H34O/c1-2-3-4-5-6-7-8-9-10-11-12-13-14-15-16-17-18-19/h5-6,16-17,19H,2-4,7-15,18H2,1H3/b6-5?,17-16+. The van der Waals surface area contributed by atoms with E-state index < -0.39 is 0 Å². The van der Waals surface area contributed by atoms with E-state index in [9.17, 15) is 0 Å². The molecule has 112 valence electrons. The Kier molecular flexibility index (Phi) is 16.9. The van der Waals surface area contributed by atoms with E-state index in [1.54, 1.807) is 0 Å². The molecule has 0 aromatic rings. The first-order valence-corrected chi connectivity index (χ1v) is 8.32. The molecule has 1 N–H and O–H groups in total. The molecule has 0 aliphatic rings. The minimum atomic E-state index is 0.187. The zero-order valence-corrected chi connectivity index (χ0v) is 12.9. The molecule has 1 heteroatoms. The van der Waals surface area contributed by atoms with Crippen molar-refractivity contribution in [3.63, 3.8) is 0 Å². The van der Waals surface area contributed by atoms with Gasteiger partial charge in [0.25, 0.3) is 0 Å². The van der Waals surface area contributed by atoms with Gasteiger partial charge in [0, 0.05) is 0 Å². The molecule has 1 nitrogen and oxygen atoms in total.